The second-order valence-electron chi connectivity index (χ2n) is 5.11. The first-order valence-electron chi connectivity index (χ1n) is 6.33. The van der Waals surface area contributed by atoms with Crippen LogP contribution in [0.25, 0.3) is 0 Å². The summed E-state index contributed by atoms with van der Waals surface area (Å²) in [4.78, 5) is 13.4. The molecular weight excluding hydrogens is 297 g/mol. The molecule has 1 N–H and O–H groups in total. The molecule has 6 nitrogen and oxygen atoms in total. The molecule has 2 heterocycles. The van der Waals surface area contributed by atoms with Crippen molar-refractivity contribution in [3.63, 3.8) is 0 Å². The number of carbonyl (C=O) groups excluding carboxylic acids is 1. The van der Waals surface area contributed by atoms with E-state index in [4.69, 9.17) is 0 Å². The van der Waals surface area contributed by atoms with Crippen LogP contribution >= 0.6 is 0 Å². The Morgan fingerprint density at radius 3 is 2.48 bits per heavy atom. The molecular formula is C13H14FN3O3S. The van der Waals surface area contributed by atoms with Crippen molar-refractivity contribution in [3.05, 3.63) is 41.9 Å². The summed E-state index contributed by atoms with van der Waals surface area (Å²) in [6.07, 6.45) is 0.255. The number of amides is 2. The number of halogens is 1. The zero-order valence-corrected chi connectivity index (χ0v) is 12.3. The third-order valence-electron chi connectivity index (χ3n) is 3.58. The molecule has 21 heavy (non-hydrogen) atoms. The van der Waals surface area contributed by atoms with Crippen molar-refractivity contribution in [2.75, 3.05) is 7.05 Å². The summed E-state index contributed by atoms with van der Waals surface area (Å²) >= 11 is 0. The molecule has 0 aliphatic carbocycles. The molecule has 2 unspecified atom stereocenters. The monoisotopic (exact) mass is 311 g/mol. The van der Waals surface area contributed by atoms with E-state index in [0.717, 1.165) is 11.8 Å². The predicted octanol–water partition coefficient (Wildman–Crippen LogP) is 1.16. The first-order chi connectivity index (χ1) is 9.82. The van der Waals surface area contributed by atoms with Crippen LogP contribution in [-0.4, -0.2) is 42.9 Å². The van der Waals surface area contributed by atoms with Crippen molar-refractivity contribution in [1.82, 2.24) is 14.5 Å². The van der Waals surface area contributed by atoms with E-state index >= 15 is 0 Å². The first kappa shape index (κ1) is 14.0. The number of hydrogen-bond acceptors (Lipinski definition) is 4. The second kappa shape index (κ2) is 4.54. The quantitative estimate of drug-likeness (QED) is 0.831. The fourth-order valence-electron chi connectivity index (χ4n) is 2.21. The van der Waals surface area contributed by atoms with Gasteiger partial charge in [0.25, 0.3) is 10.0 Å². The number of nitrogens with zero attached hydrogens (tertiary/aromatic N) is 2. The van der Waals surface area contributed by atoms with Crippen LogP contribution in [0.5, 0.6) is 0 Å². The Kier molecular flexibility index (Phi) is 3.03. The summed E-state index contributed by atoms with van der Waals surface area (Å²) in [5, 5.41) is 2.76. The molecule has 0 bridgehead atoms. The fourth-order valence-corrected chi connectivity index (χ4v) is 3.49. The van der Waals surface area contributed by atoms with Gasteiger partial charge in [-0.05, 0) is 19.1 Å². The highest BCUT2D eigenvalue weighted by molar-refractivity contribution is 7.89. The maximum Gasteiger partial charge on any atom is 0.339 e. The minimum Gasteiger partial charge on any atom is -0.309 e. The minimum absolute atomic E-state index is 0.0533. The van der Waals surface area contributed by atoms with Crippen molar-refractivity contribution in [2.24, 2.45) is 0 Å². The SMILES string of the molecule is Cc1ccc(S(=O)(=O)N2C=C(F)C3NC3N(C)C2=O)cc1. The van der Waals surface area contributed by atoms with Gasteiger partial charge in [-0.2, -0.15) is 4.31 Å². The van der Waals surface area contributed by atoms with E-state index in [2.05, 4.69) is 5.32 Å². The molecule has 3 rings (SSSR count). The van der Waals surface area contributed by atoms with Crippen LogP contribution in [0.2, 0.25) is 0 Å². The Hall–Kier alpha value is -1.93. The van der Waals surface area contributed by atoms with Crippen molar-refractivity contribution in [3.8, 4) is 0 Å². The van der Waals surface area contributed by atoms with Gasteiger partial charge in [-0.3, -0.25) is 5.32 Å². The Bertz CT molecular complexity index is 730. The molecule has 0 saturated carbocycles. The molecule has 1 aromatic carbocycles. The van der Waals surface area contributed by atoms with E-state index in [1.54, 1.807) is 12.1 Å². The zero-order valence-electron chi connectivity index (χ0n) is 11.4. The van der Waals surface area contributed by atoms with Gasteiger partial charge in [0.05, 0.1) is 17.1 Å². The highest BCUT2D eigenvalue weighted by atomic mass is 32.2. The van der Waals surface area contributed by atoms with Crippen LogP contribution in [-0.2, 0) is 10.0 Å². The third-order valence-corrected chi connectivity index (χ3v) is 5.23. The summed E-state index contributed by atoms with van der Waals surface area (Å²) in [5.74, 6) is -0.673. The van der Waals surface area contributed by atoms with Crippen LogP contribution in [0.15, 0.2) is 41.2 Å². The van der Waals surface area contributed by atoms with E-state index in [9.17, 15) is 17.6 Å². The molecule has 1 saturated heterocycles. The number of benzene rings is 1. The van der Waals surface area contributed by atoms with Crippen molar-refractivity contribution in [1.29, 1.82) is 0 Å². The zero-order chi connectivity index (χ0) is 15.4. The van der Waals surface area contributed by atoms with Gasteiger partial charge >= 0.3 is 6.03 Å². The van der Waals surface area contributed by atoms with Gasteiger partial charge in [0.1, 0.15) is 12.0 Å². The number of sulfonamides is 1. The van der Waals surface area contributed by atoms with Crippen molar-refractivity contribution in [2.45, 2.75) is 24.0 Å². The van der Waals surface area contributed by atoms with Crippen molar-refractivity contribution >= 4 is 16.1 Å². The highest BCUT2D eigenvalue weighted by Crippen LogP contribution is 2.30. The maximum atomic E-state index is 13.9. The normalized spacial score (nSPS) is 25.3. The number of hydrogen-bond donors (Lipinski definition) is 1. The number of rotatable bonds is 2. The standard InChI is InChI=1S/C13H14FN3O3S/c1-8-3-5-9(6-4-8)21(19,20)17-7-10(14)11-12(15-11)16(2)13(17)18/h3-7,11-12,15H,1-2H3. The van der Waals surface area contributed by atoms with Crippen LogP contribution in [0, 0.1) is 6.92 Å². The van der Waals surface area contributed by atoms with Gasteiger partial charge < -0.3 is 4.90 Å². The van der Waals surface area contributed by atoms with Gasteiger partial charge in [0, 0.05) is 7.05 Å². The Morgan fingerprint density at radius 1 is 1.24 bits per heavy atom. The predicted molar refractivity (Wildman–Crippen MR) is 73.3 cm³/mol. The van der Waals surface area contributed by atoms with Crippen LogP contribution in [0.4, 0.5) is 9.18 Å². The lowest BCUT2D eigenvalue weighted by molar-refractivity contribution is 0.195. The average Bonchev–Trinajstić information content (AvgIpc) is 3.23. The van der Waals surface area contributed by atoms with Crippen LogP contribution in [0.1, 0.15) is 5.56 Å². The third kappa shape index (κ3) is 2.20. The van der Waals surface area contributed by atoms with Crippen molar-refractivity contribution < 1.29 is 17.6 Å². The number of fused-ring (bicyclic) bond motifs is 1. The highest BCUT2D eigenvalue weighted by Gasteiger charge is 2.50. The molecule has 0 spiro atoms. The Balaban J connectivity index is 2.04. The van der Waals surface area contributed by atoms with Gasteiger partial charge in [0.2, 0.25) is 0 Å². The lowest BCUT2D eigenvalue weighted by Gasteiger charge is -2.23. The molecule has 112 valence electrons. The molecule has 1 aromatic rings. The number of nitrogens with one attached hydrogen (secondary N) is 1. The molecule has 2 amide bonds. The fraction of sp³-hybridized carbons (Fsp3) is 0.308. The van der Waals surface area contributed by atoms with Gasteiger partial charge in [0.15, 0.2) is 0 Å². The molecule has 0 aromatic heterocycles. The van der Waals surface area contributed by atoms with E-state index in [1.165, 1.54) is 24.1 Å². The summed E-state index contributed by atoms with van der Waals surface area (Å²) < 4.78 is 39.4. The first-order valence-corrected chi connectivity index (χ1v) is 7.77. The number of likely N-dealkylation sites (N-methyl/N-ethyl adjacent to an activating group) is 1. The van der Waals surface area contributed by atoms with E-state index in [1.807, 2.05) is 6.92 Å². The van der Waals surface area contributed by atoms with Crippen LogP contribution < -0.4 is 5.32 Å². The lowest BCUT2D eigenvalue weighted by Crippen LogP contribution is -2.42. The van der Waals surface area contributed by atoms with E-state index in [-0.39, 0.29) is 4.90 Å². The topological polar surface area (TPSA) is 79.6 Å². The number of carbonyl (C=O) groups is 1. The Labute approximate surface area is 121 Å². The summed E-state index contributed by atoms with van der Waals surface area (Å²) in [7, 11) is -2.69. The number of aryl methyl sites for hydroxylation is 1. The molecule has 2 aliphatic heterocycles. The minimum atomic E-state index is -4.12. The van der Waals surface area contributed by atoms with Gasteiger partial charge in [-0.1, -0.05) is 17.7 Å². The van der Waals surface area contributed by atoms with E-state index < -0.39 is 34.1 Å². The molecule has 8 heteroatoms. The Morgan fingerprint density at radius 2 is 1.86 bits per heavy atom. The van der Waals surface area contributed by atoms with E-state index in [0.29, 0.717) is 4.31 Å². The smallest absolute Gasteiger partial charge is 0.309 e. The molecule has 2 atom stereocenters. The summed E-state index contributed by atoms with van der Waals surface area (Å²) in [6, 6.07) is 4.62. The van der Waals surface area contributed by atoms with Gasteiger partial charge in [-0.25, -0.2) is 17.6 Å². The lowest BCUT2D eigenvalue weighted by atomic mass is 10.2. The average molecular weight is 311 g/mol. The maximum absolute atomic E-state index is 13.9. The molecule has 0 radical (unpaired) electrons. The number of urea groups is 1. The summed E-state index contributed by atoms with van der Waals surface area (Å²) in [6.45, 7) is 1.82. The summed E-state index contributed by atoms with van der Waals surface area (Å²) in [5.41, 5.74) is 0.889. The van der Waals surface area contributed by atoms with Gasteiger partial charge in [-0.15, -0.1) is 0 Å². The van der Waals surface area contributed by atoms with Crippen LogP contribution in [0.3, 0.4) is 0 Å². The molecule has 1 fully saturated rings. The second-order valence-corrected chi connectivity index (χ2v) is 6.93. The molecule has 2 aliphatic rings. The largest absolute Gasteiger partial charge is 0.339 e.